The number of nitrogens with zero attached hydrogens (tertiary/aromatic N) is 1. The van der Waals surface area contributed by atoms with Crippen molar-refractivity contribution in [2.45, 2.75) is 6.54 Å². The number of nitrogen functional groups attached to an aromatic ring is 1. The lowest BCUT2D eigenvalue weighted by atomic mass is 10.2. The molecule has 5 N–H and O–H groups in total. The number of hydrazine groups is 1. The molecule has 0 aromatic carbocycles. The van der Waals surface area contributed by atoms with Crippen LogP contribution in [0.4, 0.5) is 0 Å². The summed E-state index contributed by atoms with van der Waals surface area (Å²) in [4.78, 5) is 23.6. The van der Waals surface area contributed by atoms with E-state index in [1.807, 2.05) is 5.43 Å². The van der Waals surface area contributed by atoms with E-state index in [2.05, 4.69) is 0 Å². The third-order valence-corrected chi connectivity index (χ3v) is 1.95. The molecule has 0 spiro atoms. The van der Waals surface area contributed by atoms with Crippen LogP contribution in [0.15, 0.2) is 16.7 Å². The molecule has 7 heteroatoms. The minimum Gasteiger partial charge on any atom is -0.459 e. The minimum absolute atomic E-state index is 0.106. The van der Waals surface area contributed by atoms with Crippen LogP contribution < -0.4 is 17.0 Å². The summed E-state index contributed by atoms with van der Waals surface area (Å²) in [6, 6.07) is 1.64. The smallest absolute Gasteiger partial charge is 0.301 e. The molecule has 0 aliphatic rings. The third kappa shape index (κ3) is 3.07. The zero-order valence-electron chi connectivity index (χ0n) is 8.90. The van der Waals surface area contributed by atoms with E-state index in [4.69, 9.17) is 16.0 Å². The van der Waals surface area contributed by atoms with Gasteiger partial charge in [-0.05, 0) is 13.1 Å². The second-order valence-electron chi connectivity index (χ2n) is 3.39. The van der Waals surface area contributed by atoms with E-state index < -0.39 is 11.8 Å². The molecule has 0 saturated carbocycles. The molecule has 7 nitrogen and oxygen atoms in total. The number of hydrogen-bond donors (Lipinski definition) is 3. The Kier molecular flexibility index (Phi) is 4.03. The van der Waals surface area contributed by atoms with Crippen LogP contribution in [0.25, 0.3) is 0 Å². The van der Waals surface area contributed by atoms with Crippen LogP contribution in [-0.2, 0) is 11.3 Å². The van der Waals surface area contributed by atoms with Gasteiger partial charge in [0.15, 0.2) is 5.76 Å². The summed E-state index contributed by atoms with van der Waals surface area (Å²) in [7, 11) is 1.71. The highest BCUT2D eigenvalue weighted by Gasteiger charge is 2.15. The van der Waals surface area contributed by atoms with Gasteiger partial charge in [0.2, 0.25) is 5.91 Å². The second-order valence-corrected chi connectivity index (χ2v) is 3.39. The fraction of sp³-hybridized carbons (Fsp3) is 0.333. The Bertz CT molecular complexity index is 388. The molecule has 1 aromatic rings. The quantitative estimate of drug-likeness (QED) is 0.331. The Morgan fingerprint density at radius 1 is 1.56 bits per heavy atom. The average Bonchev–Trinajstić information content (AvgIpc) is 2.63. The molecule has 16 heavy (non-hydrogen) atoms. The molecule has 88 valence electrons. The lowest BCUT2D eigenvalue weighted by Gasteiger charge is -2.13. The van der Waals surface area contributed by atoms with Gasteiger partial charge in [-0.2, -0.15) is 0 Å². The van der Waals surface area contributed by atoms with Crippen LogP contribution in [0.1, 0.15) is 16.1 Å². The molecule has 0 atom stereocenters. The number of carbonyl (C=O) groups is 2. The first-order chi connectivity index (χ1) is 7.54. The molecule has 0 fully saturated rings. The van der Waals surface area contributed by atoms with E-state index in [0.717, 1.165) is 0 Å². The van der Waals surface area contributed by atoms with Gasteiger partial charge in [-0.1, -0.05) is 0 Å². The maximum atomic E-state index is 11.3. The zero-order valence-corrected chi connectivity index (χ0v) is 8.90. The van der Waals surface area contributed by atoms with E-state index in [-0.39, 0.29) is 12.3 Å². The first kappa shape index (κ1) is 12.2. The van der Waals surface area contributed by atoms with Gasteiger partial charge in [0.1, 0.15) is 0 Å². The van der Waals surface area contributed by atoms with Gasteiger partial charge in [-0.3, -0.25) is 19.9 Å². The number of hydrogen-bond acceptors (Lipinski definition) is 5. The number of rotatable bonds is 5. The van der Waals surface area contributed by atoms with Crippen LogP contribution in [0.3, 0.4) is 0 Å². The summed E-state index contributed by atoms with van der Waals surface area (Å²) in [5.41, 5.74) is 7.67. The van der Waals surface area contributed by atoms with Crippen molar-refractivity contribution >= 4 is 11.8 Å². The Morgan fingerprint density at radius 3 is 2.81 bits per heavy atom. The molecule has 0 bridgehead atoms. The third-order valence-electron chi connectivity index (χ3n) is 1.95. The van der Waals surface area contributed by atoms with Gasteiger partial charge in [0.05, 0.1) is 12.8 Å². The van der Waals surface area contributed by atoms with Gasteiger partial charge >= 0.3 is 5.91 Å². The van der Waals surface area contributed by atoms with Crippen molar-refractivity contribution in [3.63, 3.8) is 0 Å². The highest BCUT2D eigenvalue weighted by molar-refractivity contribution is 5.92. The number of nitrogens with two attached hydrogens (primary N) is 2. The maximum Gasteiger partial charge on any atom is 0.301 e. The van der Waals surface area contributed by atoms with Crippen molar-refractivity contribution in [3.8, 4) is 0 Å². The van der Waals surface area contributed by atoms with Crippen LogP contribution in [-0.4, -0.2) is 30.3 Å². The predicted octanol–water partition coefficient (Wildman–Crippen LogP) is -1.20. The first-order valence-corrected chi connectivity index (χ1v) is 4.58. The fourth-order valence-electron chi connectivity index (χ4n) is 1.34. The Balaban J connectivity index is 2.70. The van der Waals surface area contributed by atoms with Crippen molar-refractivity contribution in [2.75, 3.05) is 13.6 Å². The van der Waals surface area contributed by atoms with E-state index in [0.29, 0.717) is 12.1 Å². The van der Waals surface area contributed by atoms with Crippen LogP contribution in [0.5, 0.6) is 0 Å². The normalized spacial score (nSPS) is 10.4. The van der Waals surface area contributed by atoms with Gasteiger partial charge in [0.25, 0.3) is 0 Å². The highest BCUT2D eigenvalue weighted by atomic mass is 16.3. The Labute approximate surface area is 92.3 Å². The first-order valence-electron chi connectivity index (χ1n) is 4.58. The largest absolute Gasteiger partial charge is 0.459 e. The number of nitrogens with one attached hydrogen (secondary N) is 1. The molecule has 0 unspecified atom stereocenters. The lowest BCUT2D eigenvalue weighted by Crippen LogP contribution is -2.32. The van der Waals surface area contributed by atoms with Gasteiger partial charge < -0.3 is 10.2 Å². The van der Waals surface area contributed by atoms with E-state index in [1.165, 1.54) is 6.26 Å². The van der Waals surface area contributed by atoms with Gasteiger partial charge in [0, 0.05) is 12.1 Å². The molecule has 0 aliphatic heterocycles. The average molecular weight is 226 g/mol. The number of primary amides is 1. The number of furan rings is 1. The summed E-state index contributed by atoms with van der Waals surface area (Å²) >= 11 is 0. The van der Waals surface area contributed by atoms with Crippen molar-refractivity contribution in [2.24, 2.45) is 11.6 Å². The van der Waals surface area contributed by atoms with Crippen molar-refractivity contribution in [3.05, 3.63) is 23.7 Å². The lowest BCUT2D eigenvalue weighted by molar-refractivity contribution is -0.118. The van der Waals surface area contributed by atoms with Crippen LogP contribution >= 0.6 is 0 Å². The van der Waals surface area contributed by atoms with Gasteiger partial charge in [-0.15, -0.1) is 0 Å². The molecule has 0 saturated heterocycles. The number of amides is 2. The van der Waals surface area contributed by atoms with Crippen molar-refractivity contribution < 1.29 is 14.0 Å². The number of likely N-dealkylation sites (N-methyl/N-ethyl adjacent to an activating group) is 1. The Morgan fingerprint density at radius 2 is 2.25 bits per heavy atom. The van der Waals surface area contributed by atoms with E-state index in [9.17, 15) is 9.59 Å². The summed E-state index contributed by atoms with van der Waals surface area (Å²) < 4.78 is 4.99. The van der Waals surface area contributed by atoms with Crippen LogP contribution in [0, 0.1) is 0 Å². The number of carbonyl (C=O) groups excluding carboxylic acids is 2. The fourth-order valence-corrected chi connectivity index (χ4v) is 1.34. The molecular formula is C9H14N4O3. The maximum absolute atomic E-state index is 11.3. The molecule has 1 aromatic heterocycles. The molecule has 0 aliphatic carbocycles. The molecular weight excluding hydrogens is 212 g/mol. The molecule has 0 radical (unpaired) electrons. The van der Waals surface area contributed by atoms with Crippen molar-refractivity contribution in [1.82, 2.24) is 10.3 Å². The van der Waals surface area contributed by atoms with E-state index >= 15 is 0 Å². The summed E-state index contributed by atoms with van der Waals surface area (Å²) in [5, 5.41) is 0. The molecule has 1 rings (SSSR count). The molecule has 1 heterocycles. The summed E-state index contributed by atoms with van der Waals surface area (Å²) in [6.07, 6.45) is 1.39. The second kappa shape index (κ2) is 5.29. The topological polar surface area (TPSA) is 115 Å². The molecule has 2 amide bonds. The van der Waals surface area contributed by atoms with E-state index in [1.54, 1.807) is 18.0 Å². The zero-order chi connectivity index (χ0) is 12.1. The Hall–Kier alpha value is -1.86. The van der Waals surface area contributed by atoms with Gasteiger partial charge in [-0.25, -0.2) is 5.84 Å². The monoisotopic (exact) mass is 226 g/mol. The predicted molar refractivity (Wildman–Crippen MR) is 55.9 cm³/mol. The highest BCUT2D eigenvalue weighted by Crippen LogP contribution is 2.12. The summed E-state index contributed by atoms with van der Waals surface area (Å²) in [5.74, 6) is 4.19. The summed E-state index contributed by atoms with van der Waals surface area (Å²) in [6.45, 7) is 0.483. The minimum atomic E-state index is -0.507. The SMILES string of the molecule is CN(CC(N)=O)Cc1ccoc1C(=O)NN. The standard InChI is InChI=1S/C9H14N4O3/c1-13(5-7(10)14)4-6-2-3-16-8(6)9(15)12-11/h2-3H,4-5,11H2,1H3,(H2,10,14)(H,12,15). The van der Waals surface area contributed by atoms with Crippen molar-refractivity contribution in [1.29, 1.82) is 0 Å². The van der Waals surface area contributed by atoms with Crippen LogP contribution in [0.2, 0.25) is 0 Å².